The average molecular weight is 375 g/mol. The molecular weight excluding hydrogens is 340 g/mol. The van der Waals surface area contributed by atoms with Gasteiger partial charge in [-0.05, 0) is 65.0 Å². The van der Waals surface area contributed by atoms with Gasteiger partial charge in [-0.3, -0.25) is 4.90 Å². The molecule has 6 nitrogen and oxygen atoms in total. The number of hydrogen-bond acceptors (Lipinski definition) is 4. The highest BCUT2D eigenvalue weighted by atomic mass is 16.5. The SMILES string of the molecule is CN1CCCN(C)C2(CCN(C(=O)NCCCOc3ccccc3)CC2)C1. The van der Waals surface area contributed by atoms with Crippen LogP contribution in [0.3, 0.4) is 0 Å². The van der Waals surface area contributed by atoms with Crippen molar-refractivity contribution in [2.45, 2.75) is 31.2 Å². The minimum atomic E-state index is 0.0641. The standard InChI is InChI=1S/C21H34N4O2/c1-23-13-7-14-24(2)21(18-23)10-15-25(16-11-21)20(26)22-12-6-17-27-19-8-4-3-5-9-19/h3-5,8-9H,6-7,10-18H2,1-2H3,(H,22,26). The van der Waals surface area contributed by atoms with E-state index in [1.165, 1.54) is 13.0 Å². The molecule has 1 aromatic carbocycles. The fourth-order valence-corrected chi connectivity index (χ4v) is 4.27. The first-order valence-electron chi connectivity index (χ1n) is 10.2. The molecule has 150 valence electrons. The fourth-order valence-electron chi connectivity index (χ4n) is 4.27. The van der Waals surface area contributed by atoms with Crippen molar-refractivity contribution in [3.63, 3.8) is 0 Å². The van der Waals surface area contributed by atoms with Gasteiger partial charge in [-0.25, -0.2) is 4.79 Å². The molecule has 0 saturated carbocycles. The van der Waals surface area contributed by atoms with Gasteiger partial charge in [0.15, 0.2) is 0 Å². The maximum atomic E-state index is 12.5. The van der Waals surface area contributed by atoms with Crippen molar-refractivity contribution in [1.82, 2.24) is 20.0 Å². The molecule has 2 heterocycles. The van der Waals surface area contributed by atoms with Gasteiger partial charge in [-0.2, -0.15) is 0 Å². The smallest absolute Gasteiger partial charge is 0.317 e. The number of urea groups is 1. The van der Waals surface area contributed by atoms with E-state index in [0.717, 1.165) is 51.2 Å². The molecule has 1 N–H and O–H groups in total. The summed E-state index contributed by atoms with van der Waals surface area (Å²) in [6.07, 6.45) is 4.15. The first-order valence-corrected chi connectivity index (χ1v) is 10.2. The lowest BCUT2D eigenvalue weighted by molar-refractivity contribution is 0.0424. The average Bonchev–Trinajstić information content (AvgIpc) is 2.81. The van der Waals surface area contributed by atoms with E-state index in [1.54, 1.807) is 0 Å². The quantitative estimate of drug-likeness (QED) is 0.804. The Morgan fingerprint density at radius 1 is 1.11 bits per heavy atom. The van der Waals surface area contributed by atoms with Gasteiger partial charge in [0.25, 0.3) is 0 Å². The minimum Gasteiger partial charge on any atom is -0.494 e. The predicted octanol–water partition coefficient (Wildman–Crippen LogP) is 2.27. The number of ether oxygens (including phenoxy) is 1. The van der Waals surface area contributed by atoms with Crippen LogP contribution >= 0.6 is 0 Å². The molecule has 0 unspecified atom stereocenters. The topological polar surface area (TPSA) is 48.0 Å². The molecule has 0 radical (unpaired) electrons. The molecule has 3 rings (SSSR count). The lowest BCUT2D eigenvalue weighted by atomic mass is 9.85. The van der Waals surface area contributed by atoms with E-state index in [1.807, 2.05) is 35.2 Å². The summed E-state index contributed by atoms with van der Waals surface area (Å²) in [6, 6.07) is 9.86. The summed E-state index contributed by atoms with van der Waals surface area (Å²) in [6.45, 7) is 6.37. The molecule has 0 bridgehead atoms. The highest BCUT2D eigenvalue weighted by Gasteiger charge is 2.40. The number of para-hydroxylation sites is 1. The monoisotopic (exact) mass is 374 g/mol. The lowest BCUT2D eigenvalue weighted by Crippen LogP contribution is -2.59. The Morgan fingerprint density at radius 3 is 2.59 bits per heavy atom. The summed E-state index contributed by atoms with van der Waals surface area (Å²) in [5, 5.41) is 3.05. The minimum absolute atomic E-state index is 0.0641. The molecular formula is C21H34N4O2. The maximum Gasteiger partial charge on any atom is 0.317 e. The molecule has 2 aliphatic heterocycles. The Labute approximate surface area is 163 Å². The molecule has 2 amide bonds. The fraction of sp³-hybridized carbons (Fsp3) is 0.667. The van der Waals surface area contributed by atoms with Gasteiger partial charge in [0.05, 0.1) is 6.61 Å². The van der Waals surface area contributed by atoms with Crippen molar-refractivity contribution in [2.24, 2.45) is 0 Å². The first kappa shape index (κ1) is 20.0. The van der Waals surface area contributed by atoms with Crippen LogP contribution in [-0.2, 0) is 0 Å². The van der Waals surface area contributed by atoms with Crippen LogP contribution in [0.1, 0.15) is 25.7 Å². The molecule has 2 saturated heterocycles. The summed E-state index contributed by atoms with van der Waals surface area (Å²) in [5.41, 5.74) is 0.228. The Morgan fingerprint density at radius 2 is 1.85 bits per heavy atom. The number of nitrogens with one attached hydrogen (secondary N) is 1. The molecule has 1 spiro atoms. The van der Waals surface area contributed by atoms with E-state index in [9.17, 15) is 4.79 Å². The third-order valence-corrected chi connectivity index (χ3v) is 6.00. The van der Waals surface area contributed by atoms with Crippen molar-refractivity contribution < 1.29 is 9.53 Å². The van der Waals surface area contributed by atoms with Crippen molar-refractivity contribution in [1.29, 1.82) is 0 Å². The number of likely N-dealkylation sites (N-methyl/N-ethyl adjacent to an activating group) is 2. The van der Waals surface area contributed by atoms with Crippen LogP contribution in [0.5, 0.6) is 5.75 Å². The van der Waals surface area contributed by atoms with Gasteiger partial charge in [0, 0.05) is 31.7 Å². The third-order valence-electron chi connectivity index (χ3n) is 6.00. The molecule has 0 aromatic heterocycles. The summed E-state index contributed by atoms with van der Waals surface area (Å²) >= 11 is 0. The zero-order valence-electron chi connectivity index (χ0n) is 16.8. The van der Waals surface area contributed by atoms with Gasteiger partial charge in [-0.15, -0.1) is 0 Å². The number of carbonyl (C=O) groups excluding carboxylic acids is 1. The van der Waals surface area contributed by atoms with Gasteiger partial charge < -0.3 is 19.9 Å². The van der Waals surface area contributed by atoms with Crippen LogP contribution in [0, 0.1) is 0 Å². The molecule has 0 atom stereocenters. The molecule has 2 aliphatic rings. The van der Waals surface area contributed by atoms with E-state index in [2.05, 4.69) is 29.2 Å². The second-order valence-corrected chi connectivity index (χ2v) is 7.97. The van der Waals surface area contributed by atoms with Crippen molar-refractivity contribution in [3.8, 4) is 5.75 Å². The Hall–Kier alpha value is -1.79. The van der Waals surface area contributed by atoms with Gasteiger partial charge in [0.2, 0.25) is 0 Å². The number of piperidine rings is 1. The number of hydrogen-bond donors (Lipinski definition) is 1. The summed E-state index contributed by atoms with van der Waals surface area (Å²) in [5.74, 6) is 0.877. The van der Waals surface area contributed by atoms with E-state index in [0.29, 0.717) is 13.2 Å². The summed E-state index contributed by atoms with van der Waals surface area (Å²) in [4.78, 5) is 19.4. The number of nitrogens with zero attached hydrogens (tertiary/aromatic N) is 3. The van der Waals surface area contributed by atoms with E-state index in [4.69, 9.17) is 4.74 Å². The van der Waals surface area contributed by atoms with Crippen molar-refractivity contribution in [3.05, 3.63) is 30.3 Å². The second kappa shape index (κ2) is 9.42. The van der Waals surface area contributed by atoms with Gasteiger partial charge in [-0.1, -0.05) is 18.2 Å². The normalized spacial score (nSPS) is 21.0. The van der Waals surface area contributed by atoms with E-state index >= 15 is 0 Å². The second-order valence-electron chi connectivity index (χ2n) is 7.97. The Kier molecular flexibility index (Phi) is 6.96. The van der Waals surface area contributed by atoms with Crippen LogP contribution in [0.4, 0.5) is 4.79 Å². The molecule has 0 aliphatic carbocycles. The highest BCUT2D eigenvalue weighted by Crippen LogP contribution is 2.30. The molecule has 1 aromatic rings. The van der Waals surface area contributed by atoms with Crippen molar-refractivity contribution in [2.75, 3.05) is 60.0 Å². The maximum absolute atomic E-state index is 12.5. The molecule has 27 heavy (non-hydrogen) atoms. The van der Waals surface area contributed by atoms with Gasteiger partial charge >= 0.3 is 6.03 Å². The predicted molar refractivity (Wildman–Crippen MR) is 108 cm³/mol. The Balaban J connectivity index is 1.37. The van der Waals surface area contributed by atoms with E-state index < -0.39 is 0 Å². The number of carbonyl (C=O) groups is 1. The highest BCUT2D eigenvalue weighted by molar-refractivity contribution is 5.74. The zero-order valence-corrected chi connectivity index (χ0v) is 16.8. The van der Waals surface area contributed by atoms with Gasteiger partial charge in [0.1, 0.15) is 5.75 Å². The Bertz CT molecular complexity index is 587. The molecule has 2 fully saturated rings. The number of rotatable bonds is 5. The zero-order chi connectivity index (χ0) is 19.1. The number of amides is 2. The van der Waals surface area contributed by atoms with Crippen LogP contribution in [0.15, 0.2) is 30.3 Å². The first-order chi connectivity index (χ1) is 13.1. The van der Waals surface area contributed by atoms with Crippen LogP contribution < -0.4 is 10.1 Å². The number of likely N-dealkylation sites (tertiary alicyclic amines) is 1. The van der Waals surface area contributed by atoms with Crippen molar-refractivity contribution >= 4 is 6.03 Å². The van der Waals surface area contributed by atoms with E-state index in [-0.39, 0.29) is 11.6 Å². The summed E-state index contributed by atoms with van der Waals surface area (Å²) in [7, 11) is 4.47. The largest absolute Gasteiger partial charge is 0.494 e. The van der Waals surface area contributed by atoms with Crippen LogP contribution in [-0.4, -0.2) is 86.2 Å². The van der Waals surface area contributed by atoms with Crippen LogP contribution in [0.2, 0.25) is 0 Å². The molecule has 6 heteroatoms. The lowest BCUT2D eigenvalue weighted by Gasteiger charge is -2.47. The summed E-state index contributed by atoms with van der Waals surface area (Å²) < 4.78 is 5.67. The number of benzene rings is 1. The van der Waals surface area contributed by atoms with Crippen LogP contribution in [0.25, 0.3) is 0 Å². The third kappa shape index (κ3) is 5.36.